The fourth-order valence-corrected chi connectivity index (χ4v) is 9.18. The lowest BCUT2D eigenvalue weighted by Gasteiger charge is -2.50. The molecule has 0 radical (unpaired) electrons. The predicted octanol–water partition coefficient (Wildman–Crippen LogP) is 7.48. The molecule has 0 heterocycles. The van der Waals surface area contributed by atoms with Gasteiger partial charge in [-0.25, -0.2) is 0 Å². The van der Waals surface area contributed by atoms with E-state index in [1.165, 1.54) is 44.9 Å². The van der Waals surface area contributed by atoms with Crippen LogP contribution in [0.2, 0.25) is 18.1 Å². The van der Waals surface area contributed by atoms with Crippen LogP contribution in [0, 0.1) is 29.6 Å². The Labute approximate surface area is 209 Å². The Hall–Kier alpha value is -0.693. The molecular weight excluding hydrogens is 460 g/mol. The second-order valence-corrected chi connectivity index (χ2v) is 19.6. The summed E-state index contributed by atoms with van der Waals surface area (Å²) in [6, 6.07) is 6.93. The van der Waals surface area contributed by atoms with Gasteiger partial charge in [-0.05, 0) is 105 Å². The second kappa shape index (κ2) is 9.00. The summed E-state index contributed by atoms with van der Waals surface area (Å²) in [5.41, 5.74) is 1.60. The first-order valence-electron chi connectivity index (χ1n) is 13.3. The van der Waals surface area contributed by atoms with Gasteiger partial charge in [-0.2, -0.15) is 8.42 Å². The Morgan fingerprint density at radius 3 is 2.26 bits per heavy atom. The zero-order valence-electron chi connectivity index (χ0n) is 22.4. The van der Waals surface area contributed by atoms with Gasteiger partial charge in [0.25, 0.3) is 10.1 Å². The minimum absolute atomic E-state index is 0.233. The van der Waals surface area contributed by atoms with E-state index in [-0.39, 0.29) is 22.0 Å². The zero-order valence-corrected chi connectivity index (χ0v) is 24.3. The van der Waals surface area contributed by atoms with Gasteiger partial charge in [0.05, 0.1) is 11.5 Å². The molecule has 0 bridgehead atoms. The van der Waals surface area contributed by atoms with Crippen LogP contribution in [0.4, 0.5) is 0 Å². The van der Waals surface area contributed by atoms with Gasteiger partial charge in [0.1, 0.15) is 0 Å². The molecule has 192 valence electrons. The second-order valence-electron chi connectivity index (χ2n) is 13.3. The van der Waals surface area contributed by atoms with Crippen molar-refractivity contribution in [3.05, 3.63) is 29.8 Å². The lowest BCUT2D eigenvalue weighted by molar-refractivity contribution is -0.0284. The number of rotatable bonds is 8. The van der Waals surface area contributed by atoms with Crippen molar-refractivity contribution in [2.75, 3.05) is 6.61 Å². The van der Waals surface area contributed by atoms with Crippen molar-refractivity contribution >= 4 is 18.4 Å². The van der Waals surface area contributed by atoms with E-state index in [1.807, 2.05) is 19.1 Å². The maximum absolute atomic E-state index is 12.7. The number of hydrogen-bond acceptors (Lipinski definition) is 4. The molecule has 34 heavy (non-hydrogen) atoms. The third-order valence-electron chi connectivity index (χ3n) is 10.1. The summed E-state index contributed by atoms with van der Waals surface area (Å²) in [7, 11) is -5.49. The average Bonchev–Trinajstić information content (AvgIpc) is 3.40. The highest BCUT2D eigenvalue weighted by Crippen LogP contribution is 2.69. The molecule has 0 aromatic heterocycles. The van der Waals surface area contributed by atoms with E-state index < -0.39 is 18.4 Å². The van der Waals surface area contributed by atoms with Gasteiger partial charge in [-0.1, -0.05) is 51.8 Å². The van der Waals surface area contributed by atoms with Crippen molar-refractivity contribution in [3.8, 4) is 0 Å². The predicted molar refractivity (Wildman–Crippen MR) is 141 cm³/mol. The van der Waals surface area contributed by atoms with Crippen molar-refractivity contribution in [1.29, 1.82) is 0 Å². The summed E-state index contributed by atoms with van der Waals surface area (Å²) >= 11 is 0. The Morgan fingerprint density at radius 2 is 1.68 bits per heavy atom. The molecule has 1 aromatic carbocycles. The van der Waals surface area contributed by atoms with Crippen LogP contribution in [0.15, 0.2) is 29.2 Å². The molecule has 0 N–H and O–H groups in total. The fourth-order valence-electron chi connectivity index (χ4n) is 6.88. The highest BCUT2D eigenvalue weighted by atomic mass is 32.2. The van der Waals surface area contributed by atoms with Crippen LogP contribution in [-0.4, -0.2) is 29.4 Å². The van der Waals surface area contributed by atoms with Gasteiger partial charge in [0, 0.05) is 6.10 Å². The van der Waals surface area contributed by atoms with Gasteiger partial charge in [-0.15, -0.1) is 0 Å². The number of benzene rings is 1. The van der Waals surface area contributed by atoms with Crippen molar-refractivity contribution in [2.45, 2.75) is 115 Å². The molecule has 2 unspecified atom stereocenters. The molecule has 1 aromatic rings. The van der Waals surface area contributed by atoms with E-state index in [1.54, 1.807) is 12.1 Å². The van der Waals surface area contributed by atoms with Crippen LogP contribution >= 0.6 is 0 Å². The molecule has 0 aliphatic heterocycles. The Morgan fingerprint density at radius 1 is 1.03 bits per heavy atom. The van der Waals surface area contributed by atoms with E-state index in [0.29, 0.717) is 23.4 Å². The minimum Gasteiger partial charge on any atom is -0.414 e. The smallest absolute Gasteiger partial charge is 0.296 e. The summed E-state index contributed by atoms with van der Waals surface area (Å²) in [5, 5.41) is 0.233. The van der Waals surface area contributed by atoms with Crippen LogP contribution in [-0.2, 0) is 18.7 Å². The van der Waals surface area contributed by atoms with E-state index >= 15 is 0 Å². The largest absolute Gasteiger partial charge is 0.414 e. The van der Waals surface area contributed by atoms with Crippen LogP contribution in [0.25, 0.3) is 0 Å². The van der Waals surface area contributed by atoms with Gasteiger partial charge >= 0.3 is 0 Å². The van der Waals surface area contributed by atoms with Crippen LogP contribution in [0.5, 0.6) is 0 Å². The quantitative estimate of drug-likeness (QED) is 0.271. The lowest BCUT2D eigenvalue weighted by atomic mass is 9.60. The molecule has 3 fully saturated rings. The highest BCUT2D eigenvalue weighted by Gasteiger charge is 2.62. The SMILES string of the molecule is Cc1ccc(S(=O)(=O)OCCC2(C3CCC4[C@@H](O[Si](C)(C)C(C)(C)C)CCC[C@@]43C)CC2)cc1. The molecule has 3 saturated carbocycles. The van der Waals surface area contributed by atoms with Crippen molar-refractivity contribution in [1.82, 2.24) is 0 Å². The summed E-state index contributed by atoms with van der Waals surface area (Å²) in [4.78, 5) is 0.258. The summed E-state index contributed by atoms with van der Waals surface area (Å²) in [6.07, 6.45) is 9.89. The molecule has 4 rings (SSSR count). The molecule has 4 nitrogen and oxygen atoms in total. The normalized spacial score (nSPS) is 31.3. The third-order valence-corrected chi connectivity index (χ3v) is 15.9. The Bertz CT molecular complexity index is 975. The number of aryl methyl sites for hydroxylation is 1. The van der Waals surface area contributed by atoms with Crippen LogP contribution in [0.3, 0.4) is 0 Å². The lowest BCUT2D eigenvalue weighted by Crippen LogP contribution is -2.50. The van der Waals surface area contributed by atoms with E-state index in [4.69, 9.17) is 8.61 Å². The number of hydrogen-bond donors (Lipinski definition) is 0. The minimum atomic E-state index is -3.69. The third kappa shape index (κ3) is 4.94. The molecular formula is C28H46O4SSi. The average molecular weight is 507 g/mol. The Kier molecular flexibility index (Phi) is 6.98. The van der Waals surface area contributed by atoms with Crippen LogP contribution in [0.1, 0.15) is 84.6 Å². The van der Waals surface area contributed by atoms with Crippen molar-refractivity contribution < 1.29 is 17.0 Å². The Balaban J connectivity index is 1.42. The first-order valence-corrected chi connectivity index (χ1v) is 17.7. The molecule has 0 amide bonds. The van der Waals surface area contributed by atoms with Crippen molar-refractivity contribution in [2.24, 2.45) is 22.7 Å². The number of fused-ring (bicyclic) bond motifs is 1. The first kappa shape index (κ1) is 26.4. The first-order chi connectivity index (χ1) is 15.7. The summed E-state index contributed by atoms with van der Waals surface area (Å²) < 4.78 is 37.9. The topological polar surface area (TPSA) is 52.6 Å². The summed E-state index contributed by atoms with van der Waals surface area (Å²) in [5.74, 6) is 1.29. The molecule has 0 saturated heterocycles. The van der Waals surface area contributed by atoms with Gasteiger partial charge in [-0.3, -0.25) is 4.18 Å². The molecule has 4 atom stereocenters. The highest BCUT2D eigenvalue weighted by molar-refractivity contribution is 7.86. The van der Waals surface area contributed by atoms with Crippen molar-refractivity contribution in [3.63, 3.8) is 0 Å². The maximum atomic E-state index is 12.7. The molecule has 3 aliphatic carbocycles. The molecule has 6 heteroatoms. The van der Waals surface area contributed by atoms with Gasteiger partial charge in [0.2, 0.25) is 0 Å². The van der Waals surface area contributed by atoms with Gasteiger partial charge in [0.15, 0.2) is 8.32 Å². The zero-order chi connectivity index (χ0) is 25.0. The van der Waals surface area contributed by atoms with E-state index in [2.05, 4.69) is 40.8 Å². The molecule has 3 aliphatic rings. The summed E-state index contributed by atoms with van der Waals surface area (Å²) in [6.45, 7) is 16.6. The standard InChI is InChI=1S/C28H46O4SSi/c1-21-10-12-22(13-11-21)33(29,30)31-20-19-28(17-18-28)25-15-14-23-24(9-8-16-27(23,25)5)32-34(6,7)26(2,3)4/h10-13,23-25H,8-9,14-20H2,1-7H3/t23?,24-,25?,27-/m0/s1. The van der Waals surface area contributed by atoms with E-state index in [9.17, 15) is 8.42 Å². The van der Waals surface area contributed by atoms with Gasteiger partial charge < -0.3 is 4.43 Å². The van der Waals surface area contributed by atoms with Crippen LogP contribution < -0.4 is 0 Å². The van der Waals surface area contributed by atoms with E-state index in [0.717, 1.165) is 12.0 Å². The monoisotopic (exact) mass is 506 g/mol. The fraction of sp³-hybridized carbons (Fsp3) is 0.786. The maximum Gasteiger partial charge on any atom is 0.296 e. The molecule has 0 spiro atoms.